The zero-order chi connectivity index (χ0) is 12.0. The predicted molar refractivity (Wildman–Crippen MR) is 71.4 cm³/mol. The van der Waals surface area contributed by atoms with Crippen LogP contribution in [0, 0.1) is 5.92 Å². The molecule has 92 valence electrons. The van der Waals surface area contributed by atoms with Crippen molar-refractivity contribution in [1.82, 2.24) is 9.80 Å². The zero-order valence-electron chi connectivity index (χ0n) is 11.1. The number of nitrogens with zero attached hydrogens (tertiary/aromatic N) is 2. The Balaban J connectivity index is 2.42. The summed E-state index contributed by atoms with van der Waals surface area (Å²) in [4.78, 5) is 4.60. The largest absolute Gasteiger partial charge is 0.372 e. The van der Waals surface area contributed by atoms with Crippen LogP contribution in [0.2, 0.25) is 0 Å². The van der Waals surface area contributed by atoms with Crippen LogP contribution in [0.4, 0.5) is 0 Å². The first-order valence-corrected chi connectivity index (χ1v) is 6.34. The van der Waals surface area contributed by atoms with Crippen LogP contribution in [-0.4, -0.2) is 43.5 Å². The Morgan fingerprint density at radius 2 is 2.19 bits per heavy atom. The lowest BCUT2D eigenvalue weighted by Crippen LogP contribution is -2.25. The summed E-state index contributed by atoms with van der Waals surface area (Å²) in [5.74, 6) is 0.807. The molecule has 1 aliphatic rings. The van der Waals surface area contributed by atoms with E-state index in [0.717, 1.165) is 12.5 Å². The molecule has 1 atom stereocenters. The van der Waals surface area contributed by atoms with Crippen molar-refractivity contribution in [3.63, 3.8) is 0 Å². The van der Waals surface area contributed by atoms with Crippen LogP contribution < -0.4 is 0 Å². The Labute approximate surface area is 101 Å². The van der Waals surface area contributed by atoms with Gasteiger partial charge in [-0.25, -0.2) is 0 Å². The van der Waals surface area contributed by atoms with Gasteiger partial charge in [-0.3, -0.25) is 0 Å². The Hall–Kier alpha value is -0.760. The highest BCUT2D eigenvalue weighted by Gasteiger charge is 2.14. The number of likely N-dealkylation sites (N-methyl/N-ethyl adjacent to an activating group) is 1. The molecule has 0 amide bonds. The lowest BCUT2D eigenvalue weighted by Gasteiger charge is -2.25. The van der Waals surface area contributed by atoms with Crippen molar-refractivity contribution < 1.29 is 0 Å². The maximum atomic E-state index is 4.17. The molecule has 0 N–H and O–H groups in total. The SMILES string of the molecule is C=C(/C=C/CN(C)C)N1CCCCC(C)C1. The molecule has 1 heterocycles. The third kappa shape index (κ3) is 4.84. The number of allylic oxidation sites excluding steroid dienone is 1. The number of hydrogen-bond acceptors (Lipinski definition) is 2. The lowest BCUT2D eigenvalue weighted by molar-refractivity contribution is 0.328. The van der Waals surface area contributed by atoms with Crippen molar-refractivity contribution in [2.45, 2.75) is 26.2 Å². The maximum Gasteiger partial charge on any atom is 0.0290 e. The van der Waals surface area contributed by atoms with E-state index in [1.165, 1.54) is 38.0 Å². The van der Waals surface area contributed by atoms with Gasteiger partial charge in [0.1, 0.15) is 0 Å². The molecule has 0 aliphatic carbocycles. The highest BCUT2D eigenvalue weighted by Crippen LogP contribution is 2.18. The van der Waals surface area contributed by atoms with Crippen molar-refractivity contribution in [1.29, 1.82) is 0 Å². The van der Waals surface area contributed by atoms with Crippen molar-refractivity contribution in [3.8, 4) is 0 Å². The van der Waals surface area contributed by atoms with E-state index >= 15 is 0 Å². The van der Waals surface area contributed by atoms with Gasteiger partial charge in [0.15, 0.2) is 0 Å². The third-order valence-corrected chi connectivity index (χ3v) is 3.09. The fourth-order valence-corrected chi connectivity index (χ4v) is 2.12. The summed E-state index contributed by atoms with van der Waals surface area (Å²) in [6, 6.07) is 0. The Morgan fingerprint density at radius 1 is 1.44 bits per heavy atom. The van der Waals surface area contributed by atoms with Crippen molar-refractivity contribution >= 4 is 0 Å². The summed E-state index contributed by atoms with van der Waals surface area (Å²) in [7, 11) is 4.17. The predicted octanol–water partition coefficient (Wildman–Crippen LogP) is 2.74. The van der Waals surface area contributed by atoms with Gasteiger partial charge in [0.25, 0.3) is 0 Å². The van der Waals surface area contributed by atoms with E-state index in [0.29, 0.717) is 0 Å². The summed E-state index contributed by atoms with van der Waals surface area (Å²) in [5.41, 5.74) is 1.18. The fraction of sp³-hybridized carbons (Fsp3) is 0.714. The molecule has 1 aliphatic heterocycles. The molecule has 0 aromatic rings. The molecule has 0 aromatic carbocycles. The summed E-state index contributed by atoms with van der Waals surface area (Å²) >= 11 is 0. The molecule has 2 nitrogen and oxygen atoms in total. The van der Waals surface area contributed by atoms with E-state index in [1.54, 1.807) is 0 Å². The van der Waals surface area contributed by atoms with Gasteiger partial charge in [0.2, 0.25) is 0 Å². The van der Waals surface area contributed by atoms with E-state index in [2.05, 4.69) is 49.5 Å². The summed E-state index contributed by atoms with van der Waals surface area (Å²) in [5, 5.41) is 0. The van der Waals surface area contributed by atoms with Crippen molar-refractivity contribution in [2.24, 2.45) is 5.92 Å². The summed E-state index contributed by atoms with van der Waals surface area (Å²) < 4.78 is 0. The monoisotopic (exact) mass is 222 g/mol. The molecule has 1 saturated heterocycles. The standard InChI is InChI=1S/C14H26N2/c1-13-8-5-6-11-16(12-13)14(2)9-7-10-15(3)4/h7,9,13H,2,5-6,8,10-12H2,1,3-4H3/b9-7+. The Bertz CT molecular complexity index is 243. The molecule has 2 heteroatoms. The van der Waals surface area contributed by atoms with E-state index in [4.69, 9.17) is 0 Å². The molecule has 0 aromatic heterocycles. The van der Waals surface area contributed by atoms with Gasteiger partial charge in [-0.2, -0.15) is 0 Å². The first kappa shape index (κ1) is 13.3. The van der Waals surface area contributed by atoms with Gasteiger partial charge in [-0.05, 0) is 38.9 Å². The van der Waals surface area contributed by atoms with Crippen LogP contribution in [-0.2, 0) is 0 Å². The maximum absolute atomic E-state index is 4.17. The molecule has 1 fully saturated rings. The smallest absolute Gasteiger partial charge is 0.0290 e. The van der Waals surface area contributed by atoms with Crippen LogP contribution >= 0.6 is 0 Å². The van der Waals surface area contributed by atoms with Gasteiger partial charge in [-0.15, -0.1) is 0 Å². The van der Waals surface area contributed by atoms with Crippen LogP contribution in [0.3, 0.4) is 0 Å². The van der Waals surface area contributed by atoms with E-state index in [9.17, 15) is 0 Å². The second-order valence-electron chi connectivity index (χ2n) is 5.20. The highest BCUT2D eigenvalue weighted by molar-refractivity contribution is 5.14. The van der Waals surface area contributed by atoms with Crippen LogP contribution in [0.1, 0.15) is 26.2 Å². The minimum absolute atomic E-state index is 0.807. The van der Waals surface area contributed by atoms with Gasteiger partial charge < -0.3 is 9.80 Å². The minimum Gasteiger partial charge on any atom is -0.372 e. The lowest BCUT2D eigenvalue weighted by atomic mass is 10.1. The molecule has 0 saturated carbocycles. The van der Waals surface area contributed by atoms with Gasteiger partial charge in [-0.1, -0.05) is 26.0 Å². The van der Waals surface area contributed by atoms with E-state index in [-0.39, 0.29) is 0 Å². The highest BCUT2D eigenvalue weighted by atomic mass is 15.1. The molecular formula is C14H26N2. The van der Waals surface area contributed by atoms with E-state index in [1.807, 2.05) is 0 Å². The first-order chi connectivity index (χ1) is 7.59. The van der Waals surface area contributed by atoms with Crippen molar-refractivity contribution in [2.75, 3.05) is 33.7 Å². The average Bonchev–Trinajstić information content (AvgIpc) is 2.42. The third-order valence-electron chi connectivity index (χ3n) is 3.09. The quantitative estimate of drug-likeness (QED) is 0.675. The second-order valence-corrected chi connectivity index (χ2v) is 5.20. The Morgan fingerprint density at radius 3 is 2.88 bits per heavy atom. The molecule has 16 heavy (non-hydrogen) atoms. The van der Waals surface area contributed by atoms with Crippen molar-refractivity contribution in [3.05, 3.63) is 24.4 Å². The number of rotatable bonds is 4. The minimum atomic E-state index is 0.807. The second kappa shape index (κ2) is 6.74. The van der Waals surface area contributed by atoms with Gasteiger partial charge >= 0.3 is 0 Å². The number of hydrogen-bond donors (Lipinski definition) is 0. The first-order valence-electron chi connectivity index (χ1n) is 6.34. The molecule has 1 unspecified atom stereocenters. The normalized spacial score (nSPS) is 22.8. The van der Waals surface area contributed by atoms with Crippen LogP contribution in [0.25, 0.3) is 0 Å². The van der Waals surface area contributed by atoms with Gasteiger partial charge in [0.05, 0.1) is 0 Å². The fourth-order valence-electron chi connectivity index (χ4n) is 2.12. The van der Waals surface area contributed by atoms with Crippen LogP contribution in [0.15, 0.2) is 24.4 Å². The molecule has 0 spiro atoms. The topological polar surface area (TPSA) is 6.48 Å². The molecule has 0 radical (unpaired) electrons. The van der Waals surface area contributed by atoms with Gasteiger partial charge in [0, 0.05) is 25.3 Å². The molecule has 0 bridgehead atoms. The average molecular weight is 222 g/mol. The number of likely N-dealkylation sites (tertiary alicyclic amines) is 1. The Kier molecular flexibility index (Phi) is 5.61. The zero-order valence-corrected chi connectivity index (χ0v) is 11.1. The summed E-state index contributed by atoms with van der Waals surface area (Å²) in [6.07, 6.45) is 8.40. The molecule has 1 rings (SSSR count). The van der Waals surface area contributed by atoms with E-state index < -0.39 is 0 Å². The van der Waals surface area contributed by atoms with Crippen LogP contribution in [0.5, 0.6) is 0 Å². The summed E-state index contributed by atoms with van der Waals surface area (Å²) in [6.45, 7) is 9.85. The molecular weight excluding hydrogens is 196 g/mol.